The van der Waals surface area contributed by atoms with Crippen LogP contribution in [-0.4, -0.2) is 50.1 Å². The van der Waals surface area contributed by atoms with Gasteiger partial charge in [-0.25, -0.2) is 0 Å². The van der Waals surface area contributed by atoms with Gasteiger partial charge < -0.3 is 15.5 Å². The molecule has 0 bridgehead atoms. The summed E-state index contributed by atoms with van der Waals surface area (Å²) in [5.74, 6) is 1.01. The predicted molar refractivity (Wildman–Crippen MR) is 68.8 cm³/mol. The van der Waals surface area contributed by atoms with Crippen LogP contribution < -0.4 is 10.6 Å². The van der Waals surface area contributed by atoms with Gasteiger partial charge in [0.05, 0.1) is 5.92 Å². The van der Waals surface area contributed by atoms with Gasteiger partial charge in [0.2, 0.25) is 5.91 Å². The number of hydrogen-bond acceptors (Lipinski definition) is 3. The van der Waals surface area contributed by atoms with Crippen LogP contribution in [-0.2, 0) is 4.79 Å². The Hall–Kier alpha value is -0.610. The second kappa shape index (κ2) is 6.36. The number of piperidine rings is 1. The molecular formula is C13H25N3O. The van der Waals surface area contributed by atoms with Gasteiger partial charge in [-0.2, -0.15) is 0 Å². The van der Waals surface area contributed by atoms with Gasteiger partial charge in [0, 0.05) is 26.2 Å². The Bertz CT molecular complexity index is 247. The van der Waals surface area contributed by atoms with Gasteiger partial charge in [-0.05, 0) is 31.8 Å². The maximum Gasteiger partial charge on any atom is 0.225 e. The van der Waals surface area contributed by atoms with Crippen LogP contribution >= 0.6 is 0 Å². The fraction of sp³-hybridized carbons (Fsp3) is 0.923. The second-order valence-corrected chi connectivity index (χ2v) is 5.57. The number of amides is 1. The van der Waals surface area contributed by atoms with Gasteiger partial charge in [-0.15, -0.1) is 0 Å². The molecule has 1 atom stereocenters. The zero-order valence-corrected chi connectivity index (χ0v) is 10.9. The van der Waals surface area contributed by atoms with Crippen molar-refractivity contribution in [3.63, 3.8) is 0 Å². The van der Waals surface area contributed by atoms with E-state index in [1.807, 2.05) is 0 Å². The van der Waals surface area contributed by atoms with E-state index in [2.05, 4.69) is 22.5 Å². The summed E-state index contributed by atoms with van der Waals surface area (Å²) in [6.07, 6.45) is 4.07. The first-order chi connectivity index (χ1) is 8.25. The minimum absolute atomic E-state index is 0.220. The summed E-state index contributed by atoms with van der Waals surface area (Å²) in [5.41, 5.74) is 0. The first-order valence-electron chi connectivity index (χ1n) is 6.96. The van der Waals surface area contributed by atoms with Crippen molar-refractivity contribution in [2.45, 2.75) is 26.2 Å². The lowest BCUT2D eigenvalue weighted by Gasteiger charge is -2.30. The Kier molecular flexibility index (Phi) is 4.80. The zero-order valence-electron chi connectivity index (χ0n) is 10.9. The molecule has 17 heavy (non-hydrogen) atoms. The van der Waals surface area contributed by atoms with E-state index in [0.29, 0.717) is 5.92 Å². The van der Waals surface area contributed by atoms with Crippen molar-refractivity contribution in [2.24, 2.45) is 11.8 Å². The Balaban J connectivity index is 1.59. The largest absolute Gasteiger partial charge is 0.355 e. The van der Waals surface area contributed by atoms with Gasteiger partial charge in [0.15, 0.2) is 0 Å². The summed E-state index contributed by atoms with van der Waals surface area (Å²) in [4.78, 5) is 14.2. The average Bonchev–Trinajstić information content (AvgIpc) is 2.25. The monoisotopic (exact) mass is 239 g/mol. The van der Waals surface area contributed by atoms with Crippen LogP contribution in [0.2, 0.25) is 0 Å². The van der Waals surface area contributed by atoms with Crippen LogP contribution in [0.1, 0.15) is 26.2 Å². The molecule has 1 unspecified atom stereocenters. The lowest BCUT2D eigenvalue weighted by molar-refractivity contribution is -0.126. The van der Waals surface area contributed by atoms with Crippen molar-refractivity contribution < 1.29 is 4.79 Å². The highest BCUT2D eigenvalue weighted by molar-refractivity contribution is 5.79. The highest BCUT2D eigenvalue weighted by Crippen LogP contribution is 2.10. The Labute approximate surface area is 104 Å². The number of carbonyl (C=O) groups is 1. The first-order valence-corrected chi connectivity index (χ1v) is 6.96. The molecule has 4 nitrogen and oxygen atoms in total. The van der Waals surface area contributed by atoms with Crippen LogP contribution in [0.3, 0.4) is 0 Å². The van der Waals surface area contributed by atoms with Crippen molar-refractivity contribution in [1.29, 1.82) is 0 Å². The normalized spacial score (nSPS) is 24.1. The number of likely N-dealkylation sites (tertiary alicyclic amines) is 1. The smallest absolute Gasteiger partial charge is 0.225 e. The molecule has 0 spiro atoms. The van der Waals surface area contributed by atoms with Gasteiger partial charge in [-0.3, -0.25) is 4.79 Å². The van der Waals surface area contributed by atoms with E-state index in [9.17, 15) is 4.79 Å². The molecule has 98 valence electrons. The third-order valence-corrected chi connectivity index (χ3v) is 3.80. The van der Waals surface area contributed by atoms with Gasteiger partial charge >= 0.3 is 0 Å². The van der Waals surface area contributed by atoms with E-state index < -0.39 is 0 Å². The molecule has 0 aromatic rings. The van der Waals surface area contributed by atoms with Gasteiger partial charge in [0.1, 0.15) is 0 Å². The average molecular weight is 239 g/mol. The fourth-order valence-corrected chi connectivity index (χ4v) is 2.54. The van der Waals surface area contributed by atoms with E-state index in [1.165, 1.54) is 32.4 Å². The quantitative estimate of drug-likeness (QED) is 0.732. The minimum Gasteiger partial charge on any atom is -0.355 e. The number of rotatable bonds is 5. The number of carbonyl (C=O) groups excluding carboxylic acids is 1. The molecule has 4 heteroatoms. The van der Waals surface area contributed by atoms with Crippen molar-refractivity contribution in [2.75, 3.05) is 39.3 Å². The highest BCUT2D eigenvalue weighted by atomic mass is 16.2. The summed E-state index contributed by atoms with van der Waals surface area (Å²) in [6, 6.07) is 0. The summed E-state index contributed by atoms with van der Waals surface area (Å²) >= 11 is 0. The van der Waals surface area contributed by atoms with Gasteiger partial charge in [0.25, 0.3) is 0 Å². The molecule has 2 rings (SSSR count). The molecule has 2 N–H and O–H groups in total. The maximum atomic E-state index is 11.7. The molecule has 0 saturated carbocycles. The third kappa shape index (κ3) is 3.96. The summed E-state index contributed by atoms with van der Waals surface area (Å²) in [6.45, 7) is 8.37. The summed E-state index contributed by atoms with van der Waals surface area (Å²) < 4.78 is 0. The lowest BCUT2D eigenvalue weighted by atomic mass is 10.0. The standard InChI is InChI=1S/C13H25N3O/c1-11(10-16-5-3-2-4-6-16)7-15-13(17)12-8-14-9-12/h11-12,14H,2-10H2,1H3,(H,15,17). The molecule has 0 aromatic carbocycles. The molecule has 0 radical (unpaired) electrons. The third-order valence-electron chi connectivity index (χ3n) is 3.80. The molecule has 0 aliphatic carbocycles. The first kappa shape index (κ1) is 12.8. The molecular weight excluding hydrogens is 214 g/mol. The van der Waals surface area contributed by atoms with Crippen LogP contribution in [0.5, 0.6) is 0 Å². The second-order valence-electron chi connectivity index (χ2n) is 5.57. The zero-order chi connectivity index (χ0) is 12.1. The molecule has 2 fully saturated rings. The lowest BCUT2D eigenvalue weighted by Crippen LogP contribution is -2.51. The number of nitrogens with one attached hydrogen (secondary N) is 2. The van der Waals surface area contributed by atoms with Crippen molar-refractivity contribution >= 4 is 5.91 Å². The van der Waals surface area contributed by atoms with E-state index in [0.717, 1.165) is 26.2 Å². The molecule has 0 aromatic heterocycles. The van der Waals surface area contributed by atoms with Crippen molar-refractivity contribution in [1.82, 2.24) is 15.5 Å². The molecule has 2 saturated heterocycles. The van der Waals surface area contributed by atoms with Crippen LogP contribution in [0.15, 0.2) is 0 Å². The molecule has 2 heterocycles. The molecule has 2 aliphatic rings. The van der Waals surface area contributed by atoms with Crippen molar-refractivity contribution in [3.05, 3.63) is 0 Å². The Morgan fingerprint density at radius 3 is 2.65 bits per heavy atom. The van der Waals surface area contributed by atoms with E-state index in [4.69, 9.17) is 0 Å². The fourth-order valence-electron chi connectivity index (χ4n) is 2.54. The minimum atomic E-state index is 0.220. The van der Waals surface area contributed by atoms with Crippen molar-refractivity contribution in [3.8, 4) is 0 Å². The van der Waals surface area contributed by atoms with Crippen LogP contribution in [0, 0.1) is 11.8 Å². The van der Waals surface area contributed by atoms with E-state index in [-0.39, 0.29) is 11.8 Å². The summed E-state index contributed by atoms with van der Waals surface area (Å²) in [5, 5.41) is 6.19. The molecule has 1 amide bonds. The van der Waals surface area contributed by atoms with Gasteiger partial charge in [-0.1, -0.05) is 13.3 Å². The molecule has 2 aliphatic heterocycles. The Morgan fingerprint density at radius 1 is 1.35 bits per heavy atom. The van der Waals surface area contributed by atoms with E-state index >= 15 is 0 Å². The maximum absolute atomic E-state index is 11.7. The van der Waals surface area contributed by atoms with Crippen LogP contribution in [0.25, 0.3) is 0 Å². The summed E-state index contributed by atoms with van der Waals surface area (Å²) in [7, 11) is 0. The predicted octanol–water partition coefficient (Wildman–Crippen LogP) is 0.444. The van der Waals surface area contributed by atoms with Crippen LogP contribution in [0.4, 0.5) is 0 Å². The number of hydrogen-bond donors (Lipinski definition) is 2. The van der Waals surface area contributed by atoms with E-state index in [1.54, 1.807) is 0 Å². The number of nitrogens with zero attached hydrogens (tertiary/aromatic N) is 1. The Morgan fingerprint density at radius 2 is 2.06 bits per heavy atom. The highest BCUT2D eigenvalue weighted by Gasteiger charge is 2.24. The topological polar surface area (TPSA) is 44.4 Å². The SMILES string of the molecule is CC(CNC(=O)C1CNC1)CN1CCCCC1.